The average Bonchev–Trinajstić information content (AvgIpc) is 2.71. The molecule has 2 N–H and O–H groups in total. The summed E-state index contributed by atoms with van der Waals surface area (Å²) in [6.45, 7) is 8.57. The fourth-order valence-corrected chi connectivity index (χ4v) is 2.97. The van der Waals surface area contributed by atoms with Gasteiger partial charge in [-0.3, -0.25) is 9.48 Å². The highest BCUT2D eigenvalue weighted by atomic mass is 35.5. The molecule has 21 heavy (non-hydrogen) atoms. The number of aromatic nitrogens is 2. The van der Waals surface area contributed by atoms with Gasteiger partial charge in [-0.05, 0) is 26.7 Å². The van der Waals surface area contributed by atoms with Crippen LogP contribution in [-0.2, 0) is 6.54 Å². The van der Waals surface area contributed by atoms with Crippen molar-refractivity contribution in [1.82, 2.24) is 15.1 Å². The molecule has 0 aliphatic rings. The Labute approximate surface area is 131 Å². The standard InChI is InChI=1S/C15H26ClN3O2/c1-5-8-15(21,9-6-2)10-17-14(20)12-11(4)18-19(7-3)13(12)16/h21H,5-10H2,1-4H3,(H,17,20). The predicted molar refractivity (Wildman–Crippen MR) is 84.7 cm³/mol. The van der Waals surface area contributed by atoms with E-state index in [2.05, 4.69) is 10.4 Å². The Balaban J connectivity index is 2.79. The lowest BCUT2D eigenvalue weighted by Crippen LogP contribution is -2.43. The van der Waals surface area contributed by atoms with Crippen LogP contribution in [0.25, 0.3) is 0 Å². The van der Waals surface area contributed by atoms with Gasteiger partial charge in [-0.15, -0.1) is 0 Å². The van der Waals surface area contributed by atoms with Crippen molar-refractivity contribution in [2.75, 3.05) is 6.54 Å². The van der Waals surface area contributed by atoms with Crippen molar-refractivity contribution >= 4 is 17.5 Å². The molecule has 1 aromatic heterocycles. The number of carbonyl (C=O) groups is 1. The summed E-state index contributed by atoms with van der Waals surface area (Å²) in [4.78, 5) is 12.3. The Kier molecular flexibility index (Phi) is 6.68. The summed E-state index contributed by atoms with van der Waals surface area (Å²) in [5.74, 6) is -0.275. The lowest BCUT2D eigenvalue weighted by atomic mass is 9.92. The number of carbonyl (C=O) groups excluding carboxylic acids is 1. The number of nitrogens with one attached hydrogen (secondary N) is 1. The van der Waals surface area contributed by atoms with Crippen LogP contribution < -0.4 is 5.32 Å². The normalized spacial score (nSPS) is 11.7. The fourth-order valence-electron chi connectivity index (χ4n) is 2.59. The van der Waals surface area contributed by atoms with E-state index in [4.69, 9.17) is 11.6 Å². The van der Waals surface area contributed by atoms with Crippen LogP contribution >= 0.6 is 11.6 Å². The monoisotopic (exact) mass is 315 g/mol. The number of hydrogen-bond acceptors (Lipinski definition) is 3. The molecule has 0 saturated carbocycles. The quantitative estimate of drug-likeness (QED) is 0.775. The number of hydrogen-bond donors (Lipinski definition) is 2. The Morgan fingerprint density at radius 2 is 1.90 bits per heavy atom. The molecule has 1 rings (SSSR count). The Hall–Kier alpha value is -1.07. The molecular formula is C15H26ClN3O2. The van der Waals surface area contributed by atoms with Crippen LogP contribution in [0, 0.1) is 6.92 Å². The van der Waals surface area contributed by atoms with Crippen LogP contribution in [0.5, 0.6) is 0 Å². The third-order valence-electron chi connectivity index (χ3n) is 3.60. The van der Waals surface area contributed by atoms with Crippen molar-refractivity contribution in [3.8, 4) is 0 Å². The van der Waals surface area contributed by atoms with E-state index in [1.54, 1.807) is 11.6 Å². The molecule has 0 aliphatic heterocycles. The lowest BCUT2D eigenvalue weighted by Gasteiger charge is -2.27. The van der Waals surface area contributed by atoms with E-state index in [1.165, 1.54) is 0 Å². The molecule has 0 radical (unpaired) electrons. The van der Waals surface area contributed by atoms with Gasteiger partial charge in [0.2, 0.25) is 0 Å². The van der Waals surface area contributed by atoms with E-state index >= 15 is 0 Å². The number of amides is 1. The second-order valence-corrected chi connectivity index (χ2v) is 5.83. The third kappa shape index (κ3) is 4.45. The highest BCUT2D eigenvalue weighted by molar-refractivity contribution is 6.33. The first-order valence-electron chi connectivity index (χ1n) is 7.62. The van der Waals surface area contributed by atoms with E-state index in [-0.39, 0.29) is 12.5 Å². The van der Waals surface area contributed by atoms with Crippen molar-refractivity contribution in [1.29, 1.82) is 0 Å². The van der Waals surface area contributed by atoms with Crippen LogP contribution in [0.4, 0.5) is 0 Å². The second kappa shape index (κ2) is 7.80. The minimum Gasteiger partial charge on any atom is -0.388 e. The maximum Gasteiger partial charge on any atom is 0.256 e. The van der Waals surface area contributed by atoms with Gasteiger partial charge in [0.15, 0.2) is 0 Å². The van der Waals surface area contributed by atoms with Crippen molar-refractivity contribution in [2.24, 2.45) is 0 Å². The van der Waals surface area contributed by atoms with Gasteiger partial charge in [-0.1, -0.05) is 38.3 Å². The zero-order chi connectivity index (χ0) is 16.0. The Bertz CT molecular complexity index is 480. The van der Waals surface area contributed by atoms with Crippen molar-refractivity contribution in [2.45, 2.75) is 65.5 Å². The number of aliphatic hydroxyl groups is 1. The largest absolute Gasteiger partial charge is 0.388 e. The smallest absolute Gasteiger partial charge is 0.256 e. The van der Waals surface area contributed by atoms with E-state index in [1.807, 2.05) is 20.8 Å². The summed E-state index contributed by atoms with van der Waals surface area (Å²) in [5.41, 5.74) is 0.156. The second-order valence-electron chi connectivity index (χ2n) is 5.47. The number of halogens is 1. The minimum absolute atomic E-state index is 0.237. The zero-order valence-corrected chi connectivity index (χ0v) is 14.1. The molecule has 0 saturated heterocycles. The maximum absolute atomic E-state index is 12.3. The molecule has 0 aromatic carbocycles. The van der Waals surface area contributed by atoms with Crippen LogP contribution in [-0.4, -0.2) is 32.9 Å². The van der Waals surface area contributed by atoms with Crippen LogP contribution in [0.3, 0.4) is 0 Å². The van der Waals surface area contributed by atoms with Gasteiger partial charge >= 0.3 is 0 Å². The van der Waals surface area contributed by atoms with Gasteiger partial charge in [0.05, 0.1) is 16.9 Å². The van der Waals surface area contributed by atoms with E-state index in [9.17, 15) is 9.90 Å². The number of rotatable bonds is 8. The van der Waals surface area contributed by atoms with Crippen molar-refractivity contribution in [3.05, 3.63) is 16.4 Å². The summed E-state index contributed by atoms with van der Waals surface area (Å²) >= 11 is 6.17. The minimum atomic E-state index is -0.847. The van der Waals surface area contributed by atoms with Gasteiger partial charge in [0.25, 0.3) is 5.91 Å². The molecule has 1 aromatic rings. The van der Waals surface area contributed by atoms with Gasteiger partial charge in [0, 0.05) is 13.1 Å². The molecule has 0 unspecified atom stereocenters. The first-order valence-corrected chi connectivity index (χ1v) is 7.99. The molecule has 0 fully saturated rings. The highest BCUT2D eigenvalue weighted by Gasteiger charge is 2.27. The van der Waals surface area contributed by atoms with E-state index in [0.29, 0.717) is 35.8 Å². The Morgan fingerprint density at radius 3 is 2.33 bits per heavy atom. The topological polar surface area (TPSA) is 67.2 Å². The van der Waals surface area contributed by atoms with Crippen molar-refractivity contribution < 1.29 is 9.90 Å². The van der Waals surface area contributed by atoms with Gasteiger partial charge in [-0.25, -0.2) is 0 Å². The molecule has 0 spiro atoms. The molecule has 5 nitrogen and oxygen atoms in total. The predicted octanol–water partition coefficient (Wildman–Crippen LogP) is 2.93. The third-order valence-corrected chi connectivity index (χ3v) is 3.98. The van der Waals surface area contributed by atoms with Crippen molar-refractivity contribution in [3.63, 3.8) is 0 Å². The molecule has 0 atom stereocenters. The highest BCUT2D eigenvalue weighted by Crippen LogP contribution is 2.21. The SMILES string of the molecule is CCCC(O)(CCC)CNC(=O)c1c(C)nn(CC)c1Cl. The molecule has 6 heteroatoms. The van der Waals surface area contributed by atoms with E-state index < -0.39 is 5.60 Å². The van der Waals surface area contributed by atoms with Crippen LogP contribution in [0.15, 0.2) is 0 Å². The number of aryl methyl sites for hydroxylation is 2. The summed E-state index contributed by atoms with van der Waals surface area (Å²) in [5, 5.41) is 17.9. The molecule has 1 heterocycles. The van der Waals surface area contributed by atoms with Crippen LogP contribution in [0.1, 0.15) is 62.5 Å². The molecular weight excluding hydrogens is 290 g/mol. The average molecular weight is 316 g/mol. The fraction of sp³-hybridized carbons (Fsp3) is 0.733. The van der Waals surface area contributed by atoms with Crippen LogP contribution in [0.2, 0.25) is 5.15 Å². The first kappa shape index (κ1) is 18.0. The lowest BCUT2D eigenvalue weighted by molar-refractivity contribution is 0.0213. The van der Waals surface area contributed by atoms with Gasteiger partial charge in [-0.2, -0.15) is 5.10 Å². The molecule has 120 valence electrons. The summed E-state index contributed by atoms with van der Waals surface area (Å²) in [7, 11) is 0. The molecule has 1 amide bonds. The number of nitrogens with zero attached hydrogens (tertiary/aromatic N) is 2. The van der Waals surface area contributed by atoms with Gasteiger partial charge in [0.1, 0.15) is 5.15 Å². The zero-order valence-electron chi connectivity index (χ0n) is 13.4. The maximum atomic E-state index is 12.3. The molecule has 0 aliphatic carbocycles. The summed E-state index contributed by atoms with van der Waals surface area (Å²) < 4.78 is 1.59. The van der Waals surface area contributed by atoms with Gasteiger partial charge < -0.3 is 10.4 Å². The summed E-state index contributed by atoms with van der Waals surface area (Å²) in [6, 6.07) is 0. The van der Waals surface area contributed by atoms with E-state index in [0.717, 1.165) is 12.8 Å². The first-order chi connectivity index (χ1) is 9.88. The Morgan fingerprint density at radius 1 is 1.33 bits per heavy atom. The molecule has 0 bridgehead atoms. The summed E-state index contributed by atoms with van der Waals surface area (Å²) in [6.07, 6.45) is 3.09.